The van der Waals surface area contributed by atoms with Crippen molar-refractivity contribution in [3.63, 3.8) is 0 Å². The first-order valence-electron chi connectivity index (χ1n) is 7.64. The molecule has 1 aliphatic heterocycles. The van der Waals surface area contributed by atoms with E-state index in [1.165, 1.54) is 0 Å². The minimum absolute atomic E-state index is 0.0411. The molecule has 1 fully saturated rings. The van der Waals surface area contributed by atoms with Gasteiger partial charge >= 0.3 is 0 Å². The van der Waals surface area contributed by atoms with E-state index in [2.05, 4.69) is 27.3 Å². The molecule has 3 heterocycles. The van der Waals surface area contributed by atoms with Crippen LogP contribution >= 0.6 is 11.3 Å². The van der Waals surface area contributed by atoms with Gasteiger partial charge in [0.05, 0.1) is 6.54 Å². The van der Waals surface area contributed by atoms with Gasteiger partial charge in [-0.3, -0.25) is 9.69 Å². The van der Waals surface area contributed by atoms with E-state index in [1.54, 1.807) is 11.3 Å². The first-order valence-corrected chi connectivity index (χ1v) is 8.52. The molecule has 7 heteroatoms. The molecule has 0 unspecified atom stereocenters. The summed E-state index contributed by atoms with van der Waals surface area (Å²) in [6, 6.07) is 3.70. The van der Waals surface area contributed by atoms with E-state index >= 15 is 0 Å². The fourth-order valence-corrected chi connectivity index (χ4v) is 3.46. The van der Waals surface area contributed by atoms with E-state index in [4.69, 9.17) is 4.52 Å². The normalized spacial score (nSPS) is 19.3. The average Bonchev–Trinajstić information content (AvgIpc) is 3.17. The van der Waals surface area contributed by atoms with Gasteiger partial charge in [-0.05, 0) is 17.9 Å². The van der Waals surface area contributed by atoms with Crippen LogP contribution in [0.3, 0.4) is 0 Å². The number of unbranched alkanes of at least 4 members (excludes halogenated alkanes) is 1. The highest BCUT2D eigenvalue weighted by Crippen LogP contribution is 2.28. The molecule has 0 aliphatic carbocycles. The van der Waals surface area contributed by atoms with Crippen LogP contribution in [0, 0.1) is 0 Å². The summed E-state index contributed by atoms with van der Waals surface area (Å²) in [5.41, 5.74) is 0. The van der Waals surface area contributed by atoms with Crippen molar-refractivity contribution < 1.29 is 9.32 Å². The Morgan fingerprint density at radius 3 is 3.23 bits per heavy atom. The van der Waals surface area contributed by atoms with Crippen molar-refractivity contribution in [3.05, 3.63) is 34.1 Å². The number of nitrogens with one attached hydrogen (secondary N) is 1. The van der Waals surface area contributed by atoms with Crippen molar-refractivity contribution in [2.75, 3.05) is 13.1 Å². The molecule has 2 aromatic heterocycles. The average molecular weight is 320 g/mol. The predicted molar refractivity (Wildman–Crippen MR) is 83.4 cm³/mol. The summed E-state index contributed by atoms with van der Waals surface area (Å²) in [4.78, 5) is 19.8. The van der Waals surface area contributed by atoms with E-state index in [0.29, 0.717) is 19.0 Å². The third-order valence-corrected chi connectivity index (χ3v) is 4.65. The molecule has 3 rings (SSSR count). The second kappa shape index (κ2) is 7.02. The number of piperazine rings is 1. The maximum absolute atomic E-state index is 12.2. The van der Waals surface area contributed by atoms with Crippen LogP contribution < -0.4 is 5.32 Å². The maximum Gasteiger partial charge on any atom is 0.242 e. The highest BCUT2D eigenvalue weighted by Gasteiger charge is 2.32. The van der Waals surface area contributed by atoms with Gasteiger partial charge in [0, 0.05) is 24.4 Å². The number of carbonyl (C=O) groups excluding carboxylic acids is 1. The monoisotopic (exact) mass is 320 g/mol. The Labute approximate surface area is 133 Å². The van der Waals surface area contributed by atoms with E-state index in [9.17, 15) is 4.79 Å². The van der Waals surface area contributed by atoms with Gasteiger partial charge in [0.1, 0.15) is 6.04 Å². The Morgan fingerprint density at radius 1 is 1.55 bits per heavy atom. The number of hydrogen-bond acceptors (Lipinski definition) is 6. The Balaban J connectivity index is 1.71. The van der Waals surface area contributed by atoms with Crippen LogP contribution in [0.2, 0.25) is 0 Å². The molecule has 0 spiro atoms. The number of thiophene rings is 1. The zero-order chi connectivity index (χ0) is 15.4. The number of carbonyl (C=O) groups is 1. The second-order valence-corrected chi connectivity index (χ2v) is 6.37. The topological polar surface area (TPSA) is 71.3 Å². The Hall–Kier alpha value is -1.73. The number of rotatable bonds is 6. The first kappa shape index (κ1) is 15.2. The summed E-state index contributed by atoms with van der Waals surface area (Å²) in [5, 5.41) is 8.93. The fourth-order valence-electron chi connectivity index (χ4n) is 2.61. The molecule has 0 saturated carbocycles. The molecule has 0 aromatic carbocycles. The minimum atomic E-state index is -0.264. The van der Waals surface area contributed by atoms with Crippen LogP contribution in [0.5, 0.6) is 0 Å². The molecule has 1 atom stereocenters. The largest absolute Gasteiger partial charge is 0.353 e. The number of amides is 1. The van der Waals surface area contributed by atoms with Gasteiger partial charge in [-0.1, -0.05) is 24.6 Å². The Morgan fingerprint density at radius 2 is 2.45 bits per heavy atom. The molecule has 0 radical (unpaired) electrons. The van der Waals surface area contributed by atoms with E-state index in [1.807, 2.05) is 17.5 Å². The van der Waals surface area contributed by atoms with Gasteiger partial charge in [0.2, 0.25) is 11.8 Å². The summed E-state index contributed by atoms with van der Waals surface area (Å²) in [6.45, 7) is 4.08. The Kier molecular flexibility index (Phi) is 4.84. The minimum Gasteiger partial charge on any atom is -0.353 e. The summed E-state index contributed by atoms with van der Waals surface area (Å²) in [7, 11) is 0. The smallest absolute Gasteiger partial charge is 0.242 e. The van der Waals surface area contributed by atoms with Crippen molar-refractivity contribution in [2.24, 2.45) is 0 Å². The van der Waals surface area contributed by atoms with Crippen LogP contribution in [0.15, 0.2) is 22.0 Å². The van der Waals surface area contributed by atoms with Crippen LogP contribution in [-0.4, -0.2) is 34.0 Å². The standard InChI is InChI=1S/C15H20N4O2S/c1-2-3-6-12-17-13(21-18-12)10-19-8-7-16-15(20)14(19)11-5-4-9-22-11/h4-5,9,14H,2-3,6-8,10H2,1H3,(H,16,20)/t14-/m1/s1. The molecular formula is C15H20N4O2S. The molecule has 118 valence electrons. The van der Waals surface area contributed by atoms with Crippen molar-refractivity contribution in [2.45, 2.75) is 38.8 Å². The lowest BCUT2D eigenvalue weighted by atomic mass is 10.1. The van der Waals surface area contributed by atoms with Crippen molar-refractivity contribution in [1.29, 1.82) is 0 Å². The maximum atomic E-state index is 12.2. The number of hydrogen-bond donors (Lipinski definition) is 1. The first-order chi connectivity index (χ1) is 10.8. The van der Waals surface area contributed by atoms with E-state index in [-0.39, 0.29) is 11.9 Å². The highest BCUT2D eigenvalue weighted by molar-refractivity contribution is 7.10. The summed E-state index contributed by atoms with van der Waals surface area (Å²) < 4.78 is 5.33. The lowest BCUT2D eigenvalue weighted by Gasteiger charge is -2.33. The Bertz CT molecular complexity index is 611. The molecule has 6 nitrogen and oxygen atoms in total. The SMILES string of the molecule is CCCCc1noc(CN2CCNC(=O)[C@H]2c2cccs2)n1. The molecular weight excluding hydrogens is 300 g/mol. The molecule has 1 saturated heterocycles. The summed E-state index contributed by atoms with van der Waals surface area (Å²) >= 11 is 1.59. The fraction of sp³-hybridized carbons (Fsp3) is 0.533. The van der Waals surface area contributed by atoms with Crippen molar-refractivity contribution in [3.8, 4) is 0 Å². The quantitative estimate of drug-likeness (QED) is 0.883. The predicted octanol–water partition coefficient (Wildman–Crippen LogP) is 2.15. The molecule has 0 bridgehead atoms. The van der Waals surface area contributed by atoms with Crippen LogP contribution in [0.25, 0.3) is 0 Å². The summed E-state index contributed by atoms with van der Waals surface area (Å²) in [6.07, 6.45) is 3.01. The second-order valence-electron chi connectivity index (χ2n) is 5.39. The van der Waals surface area contributed by atoms with Gasteiger partial charge in [0.15, 0.2) is 5.82 Å². The molecule has 22 heavy (non-hydrogen) atoms. The molecule has 2 aromatic rings. The molecule has 1 amide bonds. The van der Waals surface area contributed by atoms with Gasteiger partial charge in [-0.15, -0.1) is 11.3 Å². The van der Waals surface area contributed by atoms with Gasteiger partial charge in [0.25, 0.3) is 0 Å². The third kappa shape index (κ3) is 3.36. The zero-order valence-electron chi connectivity index (χ0n) is 12.6. The van der Waals surface area contributed by atoms with Crippen LogP contribution in [-0.2, 0) is 17.8 Å². The molecule has 1 N–H and O–H groups in total. The number of aryl methyl sites for hydroxylation is 1. The van der Waals surface area contributed by atoms with Crippen LogP contribution in [0.4, 0.5) is 0 Å². The van der Waals surface area contributed by atoms with Gasteiger partial charge in [-0.2, -0.15) is 4.98 Å². The zero-order valence-corrected chi connectivity index (χ0v) is 13.4. The van der Waals surface area contributed by atoms with E-state index in [0.717, 1.165) is 36.5 Å². The third-order valence-electron chi connectivity index (χ3n) is 3.73. The molecule has 1 aliphatic rings. The highest BCUT2D eigenvalue weighted by atomic mass is 32.1. The van der Waals surface area contributed by atoms with Gasteiger partial charge in [-0.25, -0.2) is 0 Å². The lowest BCUT2D eigenvalue weighted by Crippen LogP contribution is -2.49. The number of aromatic nitrogens is 2. The van der Waals surface area contributed by atoms with Gasteiger partial charge < -0.3 is 9.84 Å². The summed E-state index contributed by atoms with van der Waals surface area (Å²) in [5.74, 6) is 1.38. The lowest BCUT2D eigenvalue weighted by molar-refractivity contribution is -0.129. The van der Waals surface area contributed by atoms with E-state index < -0.39 is 0 Å². The van der Waals surface area contributed by atoms with Crippen molar-refractivity contribution in [1.82, 2.24) is 20.4 Å². The number of nitrogens with zero attached hydrogens (tertiary/aromatic N) is 3. The van der Waals surface area contributed by atoms with Crippen LogP contribution in [0.1, 0.15) is 42.4 Å². The van der Waals surface area contributed by atoms with Crippen molar-refractivity contribution >= 4 is 17.2 Å².